The Morgan fingerprint density at radius 2 is 1.48 bits per heavy atom. The molecule has 10 heteroatoms. The lowest BCUT2D eigenvalue weighted by Crippen LogP contribution is -2.18. The fraction of sp³-hybridized carbons (Fsp3) is 0.0476. The Kier molecular flexibility index (Phi) is 5.15. The summed E-state index contributed by atoms with van der Waals surface area (Å²) in [5, 5.41) is 4.12. The van der Waals surface area contributed by atoms with Gasteiger partial charge in [-0.25, -0.2) is 9.97 Å². The van der Waals surface area contributed by atoms with Gasteiger partial charge < -0.3 is 11.5 Å². The van der Waals surface area contributed by atoms with Crippen LogP contribution in [-0.4, -0.2) is 24.7 Å². The van der Waals surface area contributed by atoms with Gasteiger partial charge >= 0.3 is 6.18 Å². The molecule has 2 aromatic heterocycles. The molecule has 4 N–H and O–H groups in total. The van der Waals surface area contributed by atoms with Crippen LogP contribution < -0.4 is 11.5 Å². The zero-order chi connectivity index (χ0) is 22.2. The molecule has 2 aromatic carbocycles. The number of anilines is 1. The van der Waals surface area contributed by atoms with Crippen molar-refractivity contribution in [2.75, 3.05) is 5.73 Å². The lowest BCUT2D eigenvalue weighted by atomic mass is 9.99. The molecule has 4 rings (SSSR count). The smallest absolute Gasteiger partial charge is 0.389 e. The van der Waals surface area contributed by atoms with Crippen molar-refractivity contribution in [3.63, 3.8) is 0 Å². The summed E-state index contributed by atoms with van der Waals surface area (Å²) < 4.78 is 42.3. The molecule has 31 heavy (non-hydrogen) atoms. The zero-order valence-corrected chi connectivity index (χ0v) is 16.7. The summed E-state index contributed by atoms with van der Waals surface area (Å²) in [6.07, 6.45) is -3.49. The molecule has 6 nitrogen and oxygen atoms in total. The lowest BCUT2D eigenvalue weighted by Gasteiger charge is -2.17. The van der Waals surface area contributed by atoms with Gasteiger partial charge in [-0.3, -0.25) is 0 Å². The number of nitrogens with zero attached hydrogens (tertiary/aromatic N) is 4. The third-order valence-corrected chi connectivity index (χ3v) is 4.75. The van der Waals surface area contributed by atoms with E-state index in [1.165, 1.54) is 6.20 Å². The normalized spacial score (nSPS) is 11.5. The highest BCUT2D eigenvalue weighted by molar-refractivity contribution is 7.80. The highest BCUT2D eigenvalue weighted by atomic mass is 32.1. The summed E-state index contributed by atoms with van der Waals surface area (Å²) in [5.41, 5.74) is 13.5. The molecule has 0 atom stereocenters. The molecule has 0 aliphatic rings. The number of nitrogen functional groups attached to an aromatic ring is 1. The van der Waals surface area contributed by atoms with E-state index in [4.69, 9.17) is 23.7 Å². The summed E-state index contributed by atoms with van der Waals surface area (Å²) >= 11 is 4.96. The molecule has 156 valence electrons. The van der Waals surface area contributed by atoms with Gasteiger partial charge in [0.15, 0.2) is 5.82 Å². The molecule has 0 unspecified atom stereocenters. The molecule has 0 spiro atoms. The highest BCUT2D eigenvalue weighted by Gasteiger charge is 2.37. The average Bonchev–Trinajstić information content (AvgIpc) is 3.15. The van der Waals surface area contributed by atoms with Gasteiger partial charge in [-0.05, 0) is 5.56 Å². The van der Waals surface area contributed by atoms with E-state index >= 15 is 0 Å². The van der Waals surface area contributed by atoms with Crippen LogP contribution in [0, 0.1) is 0 Å². The molecular weight excluding hydrogens is 425 g/mol. The van der Waals surface area contributed by atoms with Crippen molar-refractivity contribution >= 4 is 23.0 Å². The number of hydrogen-bond donors (Lipinski definition) is 2. The number of rotatable bonds is 4. The first-order chi connectivity index (χ1) is 14.8. The second-order valence-electron chi connectivity index (χ2n) is 6.54. The maximum absolute atomic E-state index is 13.7. The maximum Gasteiger partial charge on any atom is 0.451 e. The summed E-state index contributed by atoms with van der Waals surface area (Å²) in [7, 11) is 0. The first-order valence-corrected chi connectivity index (χ1v) is 9.42. The van der Waals surface area contributed by atoms with E-state index in [1.54, 1.807) is 60.7 Å². The standard InChI is InChI=1S/C21H15F3N6S/c22-21(23,24)20-28-16(13-9-5-2-6-10-13)15(12-7-3-1-4-8-12)19(29-20)30-17(25)14(11-27-30)18(26)31/h1-11H,25H2,(H2,26,31). The van der Waals surface area contributed by atoms with Crippen LogP contribution in [0.5, 0.6) is 0 Å². The second kappa shape index (κ2) is 7.80. The fourth-order valence-corrected chi connectivity index (χ4v) is 3.28. The van der Waals surface area contributed by atoms with Gasteiger partial charge in [0.05, 0.1) is 23.0 Å². The topological polar surface area (TPSA) is 95.6 Å². The van der Waals surface area contributed by atoms with Crippen molar-refractivity contribution in [1.82, 2.24) is 19.7 Å². The quantitative estimate of drug-likeness (QED) is 0.461. The first-order valence-electron chi connectivity index (χ1n) is 9.01. The Balaban J connectivity index is 2.13. The molecular formula is C21H15F3N6S. The van der Waals surface area contributed by atoms with E-state index in [1.807, 2.05) is 0 Å². The van der Waals surface area contributed by atoms with Crippen LogP contribution in [0.2, 0.25) is 0 Å². The maximum atomic E-state index is 13.7. The van der Waals surface area contributed by atoms with E-state index in [9.17, 15) is 13.2 Å². The van der Waals surface area contributed by atoms with Crippen molar-refractivity contribution < 1.29 is 13.2 Å². The average molecular weight is 440 g/mol. The summed E-state index contributed by atoms with van der Waals surface area (Å²) in [4.78, 5) is 7.66. The van der Waals surface area contributed by atoms with E-state index in [2.05, 4.69) is 15.1 Å². The largest absolute Gasteiger partial charge is 0.451 e. The minimum Gasteiger partial charge on any atom is -0.389 e. The molecule has 0 saturated heterocycles. The molecule has 0 saturated carbocycles. The number of hydrogen-bond acceptors (Lipinski definition) is 5. The lowest BCUT2D eigenvalue weighted by molar-refractivity contribution is -0.144. The van der Waals surface area contributed by atoms with Crippen LogP contribution in [0.1, 0.15) is 11.4 Å². The minimum atomic E-state index is -4.79. The molecule has 0 amide bonds. The number of halogens is 3. The second-order valence-corrected chi connectivity index (χ2v) is 6.98. The van der Waals surface area contributed by atoms with E-state index in [-0.39, 0.29) is 27.9 Å². The zero-order valence-electron chi connectivity index (χ0n) is 15.8. The Hall–Kier alpha value is -3.79. The van der Waals surface area contributed by atoms with Gasteiger partial charge in [-0.1, -0.05) is 72.9 Å². The Morgan fingerprint density at radius 3 is 2.00 bits per heavy atom. The van der Waals surface area contributed by atoms with E-state index in [0.29, 0.717) is 16.7 Å². The van der Waals surface area contributed by atoms with Crippen LogP contribution in [0.4, 0.5) is 19.0 Å². The van der Waals surface area contributed by atoms with Crippen LogP contribution >= 0.6 is 12.2 Å². The van der Waals surface area contributed by atoms with Gasteiger partial charge in [0.2, 0.25) is 5.82 Å². The van der Waals surface area contributed by atoms with Crippen molar-refractivity contribution in [3.05, 3.63) is 78.2 Å². The number of benzene rings is 2. The number of nitrogens with two attached hydrogens (primary N) is 2. The van der Waals surface area contributed by atoms with Crippen LogP contribution in [0.25, 0.3) is 28.2 Å². The van der Waals surface area contributed by atoms with Crippen LogP contribution in [0.3, 0.4) is 0 Å². The first kappa shape index (κ1) is 20.5. The SMILES string of the molecule is NC(=S)c1cnn(-c2nc(C(F)(F)F)nc(-c3ccccc3)c2-c2ccccc2)c1N. The highest BCUT2D eigenvalue weighted by Crippen LogP contribution is 2.38. The van der Waals surface area contributed by atoms with Gasteiger partial charge in [0.1, 0.15) is 10.8 Å². The number of thiocarbonyl (C=S) groups is 1. The van der Waals surface area contributed by atoms with Gasteiger partial charge in [-0.2, -0.15) is 23.0 Å². The van der Waals surface area contributed by atoms with Crippen LogP contribution in [-0.2, 0) is 6.18 Å². The molecule has 0 fully saturated rings. The van der Waals surface area contributed by atoms with Crippen LogP contribution in [0.15, 0.2) is 66.9 Å². The molecule has 0 aliphatic heterocycles. The summed E-state index contributed by atoms with van der Waals surface area (Å²) in [6, 6.07) is 17.3. The predicted octanol–water partition coefficient (Wildman–Crippen LogP) is 4.23. The minimum absolute atomic E-state index is 0.0180. The van der Waals surface area contributed by atoms with E-state index < -0.39 is 12.0 Å². The van der Waals surface area contributed by atoms with Crippen molar-refractivity contribution in [1.29, 1.82) is 0 Å². The van der Waals surface area contributed by atoms with Crippen molar-refractivity contribution in [3.8, 4) is 28.2 Å². The molecule has 2 heterocycles. The Morgan fingerprint density at radius 1 is 0.903 bits per heavy atom. The van der Waals surface area contributed by atoms with Crippen molar-refractivity contribution in [2.24, 2.45) is 5.73 Å². The summed E-state index contributed by atoms with van der Waals surface area (Å²) in [6.45, 7) is 0. The number of alkyl halides is 3. The molecule has 4 aromatic rings. The summed E-state index contributed by atoms with van der Waals surface area (Å²) in [5.74, 6) is -1.46. The Bertz CT molecular complexity index is 1250. The van der Waals surface area contributed by atoms with E-state index in [0.717, 1.165) is 4.68 Å². The van der Waals surface area contributed by atoms with Gasteiger partial charge in [0.25, 0.3) is 0 Å². The number of aromatic nitrogens is 4. The van der Waals surface area contributed by atoms with Gasteiger partial charge in [-0.15, -0.1) is 0 Å². The Labute approximate surface area is 180 Å². The predicted molar refractivity (Wildman–Crippen MR) is 115 cm³/mol. The fourth-order valence-electron chi connectivity index (χ4n) is 3.12. The molecule has 0 radical (unpaired) electrons. The monoisotopic (exact) mass is 440 g/mol. The third kappa shape index (κ3) is 3.84. The third-order valence-electron chi connectivity index (χ3n) is 4.53. The van der Waals surface area contributed by atoms with Gasteiger partial charge in [0, 0.05) is 5.56 Å². The molecule has 0 bridgehead atoms. The molecule has 0 aliphatic carbocycles. The van der Waals surface area contributed by atoms with Crippen molar-refractivity contribution in [2.45, 2.75) is 6.18 Å².